The molecule has 0 saturated heterocycles. The number of methoxy groups -OCH3 is 1. The van der Waals surface area contributed by atoms with Gasteiger partial charge in [0, 0.05) is 0 Å². The van der Waals surface area contributed by atoms with E-state index in [-0.39, 0.29) is 0 Å². The second-order valence-electron chi connectivity index (χ2n) is 3.81. The molecule has 0 aliphatic heterocycles. The first-order valence-corrected chi connectivity index (χ1v) is 5.77. The van der Waals surface area contributed by atoms with E-state index in [4.69, 9.17) is 4.74 Å². The molecule has 1 rings (SSSR count). The van der Waals surface area contributed by atoms with Crippen LogP contribution in [0.5, 0.6) is 5.75 Å². The molecule has 0 amide bonds. The van der Waals surface area contributed by atoms with Crippen LogP contribution in [0.2, 0.25) is 0 Å². The van der Waals surface area contributed by atoms with Crippen molar-refractivity contribution < 1.29 is 4.74 Å². The molecule has 0 spiro atoms. The molecule has 1 heteroatoms. The first kappa shape index (κ1) is 12.1. The molecule has 15 heavy (non-hydrogen) atoms. The minimum absolute atomic E-state index is 0.990. The Balaban J connectivity index is 2.92. The summed E-state index contributed by atoms with van der Waals surface area (Å²) >= 11 is 0. The molecule has 83 valence electrons. The monoisotopic (exact) mass is 205 g/mol. The van der Waals surface area contributed by atoms with E-state index in [0.29, 0.717) is 0 Å². The van der Waals surface area contributed by atoms with E-state index in [9.17, 15) is 0 Å². The van der Waals surface area contributed by atoms with Gasteiger partial charge in [-0.05, 0) is 36.5 Å². The van der Waals surface area contributed by atoms with Gasteiger partial charge in [-0.1, -0.05) is 38.8 Å². The number of hydrogen-bond acceptors (Lipinski definition) is 1. The SMILES string of the molecule is [CH2]CCCc1c(CCC)cccc1OC. The fraction of sp³-hybridized carbons (Fsp3) is 0.500. The lowest BCUT2D eigenvalue weighted by atomic mass is 9.98. The van der Waals surface area contributed by atoms with E-state index in [1.165, 1.54) is 17.5 Å². The predicted octanol–water partition coefficient (Wildman–Crippen LogP) is 3.80. The molecule has 0 fully saturated rings. The topological polar surface area (TPSA) is 9.23 Å². The molecule has 0 aliphatic rings. The second-order valence-corrected chi connectivity index (χ2v) is 3.81. The maximum absolute atomic E-state index is 5.41. The van der Waals surface area contributed by atoms with E-state index >= 15 is 0 Å². The molecular weight excluding hydrogens is 184 g/mol. The summed E-state index contributed by atoms with van der Waals surface area (Å²) in [6.07, 6.45) is 5.54. The molecule has 1 aromatic rings. The summed E-state index contributed by atoms with van der Waals surface area (Å²) in [4.78, 5) is 0. The lowest BCUT2D eigenvalue weighted by Gasteiger charge is -2.13. The number of benzene rings is 1. The van der Waals surface area contributed by atoms with E-state index in [1.807, 2.05) is 0 Å². The number of aryl methyl sites for hydroxylation is 1. The van der Waals surface area contributed by atoms with Crippen molar-refractivity contribution in [1.29, 1.82) is 0 Å². The van der Waals surface area contributed by atoms with Gasteiger partial charge in [0.15, 0.2) is 0 Å². The van der Waals surface area contributed by atoms with Gasteiger partial charge >= 0.3 is 0 Å². The van der Waals surface area contributed by atoms with Gasteiger partial charge < -0.3 is 4.74 Å². The van der Waals surface area contributed by atoms with Crippen LogP contribution in [0.3, 0.4) is 0 Å². The highest BCUT2D eigenvalue weighted by Crippen LogP contribution is 2.25. The van der Waals surface area contributed by atoms with Crippen molar-refractivity contribution in [1.82, 2.24) is 0 Å². The smallest absolute Gasteiger partial charge is 0.122 e. The standard InChI is InChI=1S/C14H21O/c1-4-6-10-13-12(8-5-2)9-7-11-14(13)15-3/h7,9,11H,1,4-6,8,10H2,2-3H3. The molecule has 0 bridgehead atoms. The van der Waals surface area contributed by atoms with E-state index in [0.717, 1.165) is 31.4 Å². The normalized spacial score (nSPS) is 10.3. The lowest BCUT2D eigenvalue weighted by Crippen LogP contribution is -1.98. The third-order valence-electron chi connectivity index (χ3n) is 2.65. The largest absolute Gasteiger partial charge is 0.496 e. The third kappa shape index (κ3) is 3.26. The number of hydrogen-bond donors (Lipinski definition) is 0. The van der Waals surface area contributed by atoms with Gasteiger partial charge in [0.1, 0.15) is 5.75 Å². The average Bonchev–Trinajstić information content (AvgIpc) is 2.27. The maximum atomic E-state index is 5.41. The highest BCUT2D eigenvalue weighted by molar-refractivity contribution is 5.40. The van der Waals surface area contributed by atoms with Crippen molar-refractivity contribution >= 4 is 0 Å². The van der Waals surface area contributed by atoms with E-state index < -0.39 is 0 Å². The van der Waals surface area contributed by atoms with Crippen LogP contribution in [-0.4, -0.2) is 7.11 Å². The molecule has 0 N–H and O–H groups in total. The fourth-order valence-electron chi connectivity index (χ4n) is 1.89. The third-order valence-corrected chi connectivity index (χ3v) is 2.65. The van der Waals surface area contributed by atoms with Crippen molar-refractivity contribution in [2.45, 2.75) is 39.0 Å². The zero-order valence-corrected chi connectivity index (χ0v) is 9.88. The van der Waals surface area contributed by atoms with Gasteiger partial charge in [0.05, 0.1) is 7.11 Å². The van der Waals surface area contributed by atoms with Crippen LogP contribution >= 0.6 is 0 Å². The Morgan fingerprint density at radius 1 is 1.27 bits per heavy atom. The van der Waals surface area contributed by atoms with Crippen molar-refractivity contribution in [3.63, 3.8) is 0 Å². The number of ether oxygens (including phenoxy) is 1. The Hall–Kier alpha value is -0.980. The second kappa shape index (κ2) is 6.49. The molecule has 0 aromatic heterocycles. The summed E-state index contributed by atoms with van der Waals surface area (Å²) in [7, 11) is 1.75. The lowest BCUT2D eigenvalue weighted by molar-refractivity contribution is 0.408. The zero-order valence-electron chi connectivity index (χ0n) is 9.88. The molecule has 0 atom stereocenters. The summed E-state index contributed by atoms with van der Waals surface area (Å²) in [5.74, 6) is 1.04. The minimum atomic E-state index is 0.990. The molecule has 1 radical (unpaired) electrons. The Bertz CT molecular complexity index is 291. The fourth-order valence-corrected chi connectivity index (χ4v) is 1.89. The molecule has 1 aromatic carbocycles. The van der Waals surface area contributed by atoms with Crippen LogP contribution in [0.25, 0.3) is 0 Å². The van der Waals surface area contributed by atoms with Gasteiger partial charge in [-0.15, -0.1) is 0 Å². The van der Waals surface area contributed by atoms with Crippen LogP contribution < -0.4 is 4.74 Å². The van der Waals surface area contributed by atoms with Crippen molar-refractivity contribution in [2.24, 2.45) is 0 Å². The first-order valence-electron chi connectivity index (χ1n) is 5.77. The maximum Gasteiger partial charge on any atom is 0.122 e. The average molecular weight is 205 g/mol. The van der Waals surface area contributed by atoms with Crippen molar-refractivity contribution in [3.05, 3.63) is 36.2 Å². The summed E-state index contributed by atoms with van der Waals surface area (Å²) < 4.78 is 5.41. The van der Waals surface area contributed by atoms with Crippen molar-refractivity contribution in [2.75, 3.05) is 7.11 Å². The van der Waals surface area contributed by atoms with Gasteiger partial charge in [-0.3, -0.25) is 0 Å². The molecule has 0 aliphatic carbocycles. The number of rotatable bonds is 6. The Labute approximate surface area is 93.5 Å². The zero-order chi connectivity index (χ0) is 11.1. The van der Waals surface area contributed by atoms with E-state index in [1.54, 1.807) is 7.11 Å². The molecule has 1 nitrogen and oxygen atoms in total. The highest BCUT2D eigenvalue weighted by Gasteiger charge is 2.07. The quantitative estimate of drug-likeness (QED) is 0.686. The molecule has 0 heterocycles. The van der Waals surface area contributed by atoms with Crippen LogP contribution in [-0.2, 0) is 12.8 Å². The van der Waals surface area contributed by atoms with Crippen LogP contribution in [0.1, 0.15) is 37.3 Å². The Morgan fingerprint density at radius 3 is 2.67 bits per heavy atom. The first-order chi connectivity index (χ1) is 7.33. The minimum Gasteiger partial charge on any atom is -0.496 e. The van der Waals surface area contributed by atoms with Gasteiger partial charge in [0.25, 0.3) is 0 Å². The summed E-state index contributed by atoms with van der Waals surface area (Å²) in [5, 5.41) is 0. The Kier molecular flexibility index (Phi) is 5.23. The van der Waals surface area contributed by atoms with Gasteiger partial charge in [-0.25, -0.2) is 0 Å². The summed E-state index contributed by atoms with van der Waals surface area (Å²) in [6.45, 7) is 6.10. The van der Waals surface area contributed by atoms with Crippen LogP contribution in [0, 0.1) is 6.92 Å². The summed E-state index contributed by atoms with van der Waals surface area (Å²) in [6, 6.07) is 6.35. The molecular formula is C14H21O. The number of unbranched alkanes of at least 4 members (excludes halogenated alkanes) is 1. The van der Waals surface area contributed by atoms with Gasteiger partial charge in [-0.2, -0.15) is 0 Å². The van der Waals surface area contributed by atoms with Gasteiger partial charge in [0.2, 0.25) is 0 Å². The molecule has 0 saturated carbocycles. The predicted molar refractivity (Wildman–Crippen MR) is 65.3 cm³/mol. The highest BCUT2D eigenvalue weighted by atomic mass is 16.5. The molecule has 0 unspecified atom stereocenters. The van der Waals surface area contributed by atoms with Crippen molar-refractivity contribution in [3.8, 4) is 5.75 Å². The van der Waals surface area contributed by atoms with E-state index in [2.05, 4.69) is 32.0 Å². The Morgan fingerprint density at radius 2 is 2.07 bits per heavy atom. The van der Waals surface area contributed by atoms with Crippen LogP contribution in [0.15, 0.2) is 18.2 Å². The van der Waals surface area contributed by atoms with Crippen LogP contribution in [0.4, 0.5) is 0 Å². The summed E-state index contributed by atoms with van der Waals surface area (Å²) in [5.41, 5.74) is 2.82.